The normalized spacial score (nSPS) is 13.7. The number of thiophene rings is 1. The molecule has 0 fully saturated rings. The van der Waals surface area contributed by atoms with Gasteiger partial charge in [-0.15, -0.1) is 11.3 Å². The Bertz CT molecular complexity index is 1230. The minimum absolute atomic E-state index is 0.0650. The lowest BCUT2D eigenvalue weighted by Crippen LogP contribution is -2.45. The smallest absolute Gasteiger partial charge is 0.328 e. The van der Waals surface area contributed by atoms with E-state index in [-0.39, 0.29) is 6.54 Å². The van der Waals surface area contributed by atoms with E-state index < -0.39 is 22.3 Å². The topological polar surface area (TPSA) is 77.8 Å². The highest BCUT2D eigenvalue weighted by molar-refractivity contribution is 7.13. The summed E-state index contributed by atoms with van der Waals surface area (Å²) in [7, 11) is 0. The van der Waals surface area contributed by atoms with Crippen molar-refractivity contribution in [2.75, 3.05) is 6.54 Å². The van der Waals surface area contributed by atoms with Gasteiger partial charge in [-0.1, -0.05) is 48.0 Å². The molecule has 1 atom stereocenters. The van der Waals surface area contributed by atoms with Crippen molar-refractivity contribution in [3.63, 3.8) is 0 Å². The average molecular weight is 475 g/mol. The number of nitrogens with two attached hydrogens (primary N) is 2. The van der Waals surface area contributed by atoms with E-state index in [4.69, 9.17) is 23.1 Å². The predicted octanol–water partition coefficient (Wildman–Crippen LogP) is 5.71. The van der Waals surface area contributed by atoms with Gasteiger partial charge in [-0.2, -0.15) is 13.2 Å². The third kappa shape index (κ3) is 4.27. The highest BCUT2D eigenvalue weighted by Gasteiger charge is 2.33. The van der Waals surface area contributed by atoms with Crippen LogP contribution in [0, 0.1) is 0 Å². The van der Waals surface area contributed by atoms with Crippen molar-refractivity contribution in [1.82, 2.24) is 9.97 Å². The zero-order valence-corrected chi connectivity index (χ0v) is 18.2. The standard InChI is InChI=1S/C23H18ClF3N4S/c24-18-10-15(5-8-17(18)23(25,26)27)19-11-21(31-13-30-19)22(29,12-28)16-6-3-14(4-7-16)20-2-1-9-32-20/h1-11,13H,12,28-29H2. The second-order valence-electron chi connectivity index (χ2n) is 7.21. The molecule has 2 heterocycles. The largest absolute Gasteiger partial charge is 0.417 e. The molecular weight excluding hydrogens is 457 g/mol. The van der Waals surface area contributed by atoms with Crippen molar-refractivity contribution in [2.45, 2.75) is 11.7 Å². The van der Waals surface area contributed by atoms with Gasteiger partial charge in [0.15, 0.2) is 0 Å². The Labute approximate surface area is 191 Å². The zero-order chi connectivity index (χ0) is 22.9. The van der Waals surface area contributed by atoms with E-state index in [1.54, 1.807) is 17.4 Å². The Kier molecular flexibility index (Phi) is 6.05. The molecule has 4 aromatic rings. The van der Waals surface area contributed by atoms with Crippen LogP contribution < -0.4 is 11.5 Å². The van der Waals surface area contributed by atoms with Crippen LogP contribution in [0.4, 0.5) is 13.2 Å². The maximum atomic E-state index is 13.0. The van der Waals surface area contributed by atoms with Gasteiger partial charge in [-0.25, -0.2) is 9.97 Å². The molecule has 0 aliphatic carbocycles. The fourth-order valence-electron chi connectivity index (χ4n) is 3.41. The highest BCUT2D eigenvalue weighted by Crippen LogP contribution is 2.37. The Morgan fingerprint density at radius 2 is 1.66 bits per heavy atom. The molecule has 0 saturated heterocycles. The highest BCUT2D eigenvalue weighted by atomic mass is 35.5. The van der Waals surface area contributed by atoms with Gasteiger partial charge in [0.1, 0.15) is 6.33 Å². The van der Waals surface area contributed by atoms with Crippen molar-refractivity contribution in [3.05, 3.63) is 94.2 Å². The number of hydrogen-bond donors (Lipinski definition) is 2. The lowest BCUT2D eigenvalue weighted by Gasteiger charge is -2.28. The summed E-state index contributed by atoms with van der Waals surface area (Å²) in [5.74, 6) is 0. The first-order valence-electron chi connectivity index (χ1n) is 9.55. The first-order chi connectivity index (χ1) is 15.2. The van der Waals surface area contributed by atoms with Crippen LogP contribution in [-0.4, -0.2) is 16.5 Å². The molecule has 164 valence electrons. The number of rotatable bonds is 5. The van der Waals surface area contributed by atoms with Crippen molar-refractivity contribution >= 4 is 22.9 Å². The van der Waals surface area contributed by atoms with Gasteiger partial charge in [0, 0.05) is 17.0 Å². The lowest BCUT2D eigenvalue weighted by atomic mass is 9.86. The third-order valence-corrected chi connectivity index (χ3v) is 6.45. The molecule has 4 nitrogen and oxygen atoms in total. The van der Waals surface area contributed by atoms with E-state index in [1.165, 1.54) is 18.5 Å². The molecule has 0 aliphatic rings. The van der Waals surface area contributed by atoms with Crippen LogP contribution in [0.25, 0.3) is 21.7 Å². The molecule has 9 heteroatoms. The minimum atomic E-state index is -4.53. The molecular formula is C23H18ClF3N4S. The van der Waals surface area contributed by atoms with Crippen molar-refractivity contribution in [3.8, 4) is 21.7 Å². The van der Waals surface area contributed by atoms with Crippen LogP contribution in [0.15, 0.2) is 72.4 Å². The van der Waals surface area contributed by atoms with Crippen LogP contribution in [0.1, 0.15) is 16.8 Å². The summed E-state index contributed by atoms with van der Waals surface area (Å²) in [5, 5.41) is 1.60. The number of halogens is 4. The van der Waals surface area contributed by atoms with Crippen LogP contribution in [-0.2, 0) is 11.7 Å². The molecule has 32 heavy (non-hydrogen) atoms. The fraction of sp³-hybridized carbons (Fsp3) is 0.130. The molecule has 1 unspecified atom stereocenters. The van der Waals surface area contributed by atoms with Crippen molar-refractivity contribution in [1.29, 1.82) is 0 Å². The number of nitrogens with zero attached hydrogens (tertiary/aromatic N) is 2. The number of alkyl halides is 3. The molecule has 2 aromatic heterocycles. The van der Waals surface area contributed by atoms with E-state index in [0.29, 0.717) is 17.0 Å². The summed E-state index contributed by atoms with van der Waals surface area (Å²) in [6.45, 7) is 0.0650. The van der Waals surface area contributed by atoms with Crippen molar-refractivity contribution < 1.29 is 13.2 Å². The van der Waals surface area contributed by atoms with E-state index >= 15 is 0 Å². The molecule has 4 rings (SSSR count). The second kappa shape index (κ2) is 8.63. The number of aromatic nitrogens is 2. The molecule has 2 aromatic carbocycles. The van der Waals surface area contributed by atoms with Crippen LogP contribution in [0.2, 0.25) is 5.02 Å². The summed E-state index contributed by atoms with van der Waals surface area (Å²) in [6, 6.07) is 16.9. The zero-order valence-electron chi connectivity index (χ0n) is 16.6. The minimum Gasteiger partial charge on any atom is -0.328 e. The number of hydrogen-bond acceptors (Lipinski definition) is 5. The van der Waals surface area contributed by atoms with Gasteiger partial charge < -0.3 is 11.5 Å². The van der Waals surface area contributed by atoms with Crippen LogP contribution in [0.3, 0.4) is 0 Å². The van der Waals surface area contributed by atoms with E-state index in [0.717, 1.165) is 22.1 Å². The van der Waals surface area contributed by atoms with E-state index in [1.807, 2.05) is 41.8 Å². The van der Waals surface area contributed by atoms with E-state index in [2.05, 4.69) is 9.97 Å². The monoisotopic (exact) mass is 474 g/mol. The average Bonchev–Trinajstić information content (AvgIpc) is 3.33. The van der Waals surface area contributed by atoms with Crippen molar-refractivity contribution in [2.24, 2.45) is 11.5 Å². The Balaban J connectivity index is 1.70. The predicted molar refractivity (Wildman–Crippen MR) is 121 cm³/mol. The van der Waals surface area contributed by atoms with Gasteiger partial charge in [-0.3, -0.25) is 0 Å². The molecule has 0 amide bonds. The molecule has 0 saturated carbocycles. The summed E-state index contributed by atoms with van der Waals surface area (Å²) >= 11 is 7.50. The summed E-state index contributed by atoms with van der Waals surface area (Å²) in [6.07, 6.45) is -3.22. The fourth-order valence-corrected chi connectivity index (χ4v) is 4.43. The SMILES string of the molecule is NCC(N)(c1ccc(-c2cccs2)cc1)c1cc(-c2ccc(C(F)(F)F)c(Cl)c2)ncn1. The van der Waals surface area contributed by atoms with Crippen LogP contribution in [0.5, 0.6) is 0 Å². The molecule has 0 spiro atoms. The number of benzene rings is 2. The van der Waals surface area contributed by atoms with Gasteiger partial charge in [0.2, 0.25) is 0 Å². The molecule has 0 bridgehead atoms. The van der Waals surface area contributed by atoms with Gasteiger partial charge >= 0.3 is 6.18 Å². The Morgan fingerprint density at radius 3 is 2.25 bits per heavy atom. The second-order valence-corrected chi connectivity index (χ2v) is 8.57. The van der Waals surface area contributed by atoms with Gasteiger partial charge in [0.25, 0.3) is 0 Å². The maximum Gasteiger partial charge on any atom is 0.417 e. The first kappa shape index (κ1) is 22.4. The molecule has 4 N–H and O–H groups in total. The maximum absolute atomic E-state index is 13.0. The third-order valence-electron chi connectivity index (χ3n) is 5.22. The van der Waals surface area contributed by atoms with Crippen LogP contribution >= 0.6 is 22.9 Å². The molecule has 0 radical (unpaired) electrons. The summed E-state index contributed by atoms with van der Waals surface area (Å²) in [4.78, 5) is 9.63. The lowest BCUT2D eigenvalue weighted by molar-refractivity contribution is -0.137. The Hall–Kier alpha value is -2.78. The van der Waals surface area contributed by atoms with Gasteiger partial charge in [-0.05, 0) is 40.8 Å². The van der Waals surface area contributed by atoms with Gasteiger partial charge in [0.05, 0.1) is 27.5 Å². The summed E-state index contributed by atoms with van der Waals surface area (Å²) in [5.41, 5.74) is 13.8. The Morgan fingerprint density at radius 1 is 0.938 bits per heavy atom. The quantitative estimate of drug-likeness (QED) is 0.388. The first-order valence-corrected chi connectivity index (χ1v) is 10.8. The summed E-state index contributed by atoms with van der Waals surface area (Å²) < 4.78 is 39.0. The molecule has 0 aliphatic heterocycles. The van der Waals surface area contributed by atoms with E-state index in [9.17, 15) is 13.2 Å².